The van der Waals surface area contributed by atoms with Crippen LogP contribution in [0.1, 0.15) is 61.7 Å². The number of imidazole rings is 1. The van der Waals surface area contributed by atoms with Gasteiger partial charge in [0, 0.05) is 37.3 Å². The second-order valence-electron chi connectivity index (χ2n) is 11.6. The maximum atomic E-state index is 13.4. The SMILES string of the molecule is COc1ccc(C(c2ccc(C(F)F)cc2)N2C[C@H](C)N(c3nc(Cl)nc4c3nc(C)n4C[C@@H]3CCCO3)C[C@H]2C)cc1. The molecule has 0 spiro atoms. The molecule has 2 aliphatic heterocycles. The van der Waals surface area contributed by atoms with Gasteiger partial charge in [-0.05, 0) is 68.5 Å². The lowest BCUT2D eigenvalue weighted by atomic mass is 9.93. The van der Waals surface area contributed by atoms with Gasteiger partial charge in [0.1, 0.15) is 11.6 Å². The second kappa shape index (κ2) is 12.3. The highest BCUT2D eigenvalue weighted by Gasteiger charge is 2.37. The minimum absolute atomic E-state index is 0.0161. The number of aryl methyl sites for hydroxylation is 1. The van der Waals surface area contributed by atoms with Crippen molar-refractivity contribution in [2.45, 2.75) is 70.8 Å². The van der Waals surface area contributed by atoms with E-state index in [-0.39, 0.29) is 35.1 Å². The van der Waals surface area contributed by atoms with Crippen molar-refractivity contribution in [1.82, 2.24) is 24.4 Å². The van der Waals surface area contributed by atoms with Gasteiger partial charge in [-0.2, -0.15) is 9.97 Å². The van der Waals surface area contributed by atoms with Crippen molar-refractivity contribution in [3.8, 4) is 5.75 Å². The summed E-state index contributed by atoms with van der Waals surface area (Å²) >= 11 is 6.53. The van der Waals surface area contributed by atoms with Gasteiger partial charge in [0.15, 0.2) is 17.0 Å². The molecule has 0 amide bonds. The summed E-state index contributed by atoms with van der Waals surface area (Å²) in [5.74, 6) is 2.35. The fourth-order valence-electron chi connectivity index (χ4n) is 6.47. The number of halogens is 3. The fraction of sp³-hybridized carbons (Fsp3) is 0.469. The highest BCUT2D eigenvalue weighted by molar-refractivity contribution is 6.28. The summed E-state index contributed by atoms with van der Waals surface area (Å²) < 4.78 is 40.1. The minimum Gasteiger partial charge on any atom is -0.497 e. The normalized spacial score (nSPS) is 22.0. The van der Waals surface area contributed by atoms with E-state index < -0.39 is 6.43 Å². The Morgan fingerprint density at radius 3 is 2.26 bits per heavy atom. The van der Waals surface area contributed by atoms with Gasteiger partial charge in [-0.15, -0.1) is 0 Å². The van der Waals surface area contributed by atoms with Crippen LogP contribution in [-0.2, 0) is 11.3 Å². The van der Waals surface area contributed by atoms with Crippen LogP contribution >= 0.6 is 11.6 Å². The number of ether oxygens (including phenoxy) is 2. The first-order chi connectivity index (χ1) is 20.7. The van der Waals surface area contributed by atoms with Crippen LogP contribution in [-0.4, -0.2) is 69.4 Å². The van der Waals surface area contributed by atoms with Crippen molar-refractivity contribution in [2.24, 2.45) is 0 Å². The lowest BCUT2D eigenvalue weighted by Gasteiger charge is -2.48. The third-order valence-electron chi connectivity index (χ3n) is 8.72. The van der Waals surface area contributed by atoms with E-state index in [1.165, 1.54) is 12.1 Å². The Bertz CT molecular complexity index is 1560. The molecule has 0 aliphatic carbocycles. The molecule has 43 heavy (non-hydrogen) atoms. The summed E-state index contributed by atoms with van der Waals surface area (Å²) in [6.07, 6.45) is -0.294. The second-order valence-corrected chi connectivity index (χ2v) is 11.9. The first-order valence-corrected chi connectivity index (χ1v) is 15.2. The topological polar surface area (TPSA) is 68.5 Å². The molecule has 2 saturated heterocycles. The molecule has 0 radical (unpaired) electrons. The first kappa shape index (κ1) is 29.7. The summed E-state index contributed by atoms with van der Waals surface area (Å²) in [4.78, 5) is 18.9. The standard InChI is InChI=1S/C32H37ClF2N6O2/c1-19-17-40(30-27-31(38-32(33)37-30)41(21(3)36-27)18-26-6-5-15-43-26)20(2)16-39(19)28(23-11-13-25(42-4)14-12-23)22-7-9-24(10-8-22)29(34)35/h7-14,19-20,26,28-29H,5-6,15-18H2,1-4H3/t19-,20+,26+,28?/m1/s1. The Hall–Kier alpha value is -3.34. The van der Waals surface area contributed by atoms with Crippen molar-refractivity contribution < 1.29 is 18.3 Å². The Morgan fingerprint density at radius 2 is 1.63 bits per heavy atom. The molecule has 0 N–H and O–H groups in total. The van der Waals surface area contributed by atoms with Crippen molar-refractivity contribution in [1.29, 1.82) is 0 Å². The van der Waals surface area contributed by atoms with Crippen molar-refractivity contribution >= 4 is 28.6 Å². The van der Waals surface area contributed by atoms with Crippen LogP contribution in [0.2, 0.25) is 5.28 Å². The monoisotopic (exact) mass is 610 g/mol. The van der Waals surface area contributed by atoms with Gasteiger partial charge < -0.3 is 18.9 Å². The third-order valence-corrected chi connectivity index (χ3v) is 8.89. The van der Waals surface area contributed by atoms with Crippen molar-refractivity contribution in [3.05, 3.63) is 76.3 Å². The molecular formula is C32H37ClF2N6O2. The molecule has 2 aliphatic rings. The molecule has 2 fully saturated rings. The van der Waals surface area contributed by atoms with E-state index in [9.17, 15) is 8.78 Å². The van der Waals surface area contributed by atoms with E-state index in [0.29, 0.717) is 19.6 Å². The molecular weight excluding hydrogens is 574 g/mol. The number of hydrogen-bond acceptors (Lipinski definition) is 7. The maximum absolute atomic E-state index is 13.4. The zero-order chi connectivity index (χ0) is 30.2. The van der Waals surface area contributed by atoms with Gasteiger partial charge in [-0.1, -0.05) is 36.4 Å². The van der Waals surface area contributed by atoms with Gasteiger partial charge in [-0.3, -0.25) is 4.90 Å². The molecule has 6 rings (SSSR count). The number of aromatic nitrogens is 4. The largest absolute Gasteiger partial charge is 0.497 e. The van der Waals surface area contributed by atoms with E-state index in [1.54, 1.807) is 7.11 Å². The zero-order valence-electron chi connectivity index (χ0n) is 24.9. The van der Waals surface area contributed by atoms with Crippen molar-refractivity contribution in [2.75, 3.05) is 31.7 Å². The molecule has 228 valence electrons. The average Bonchev–Trinajstić information content (AvgIpc) is 3.63. The Balaban J connectivity index is 1.33. The maximum Gasteiger partial charge on any atom is 0.263 e. The number of methoxy groups -OCH3 is 1. The molecule has 4 aromatic rings. The van der Waals surface area contributed by atoms with Crippen molar-refractivity contribution in [3.63, 3.8) is 0 Å². The summed E-state index contributed by atoms with van der Waals surface area (Å²) in [7, 11) is 1.64. The molecule has 4 atom stereocenters. The number of hydrogen-bond donors (Lipinski definition) is 0. The predicted octanol–water partition coefficient (Wildman–Crippen LogP) is 6.60. The van der Waals surface area contributed by atoms with Gasteiger partial charge in [-0.25, -0.2) is 13.8 Å². The van der Waals surface area contributed by atoms with Crippen LogP contribution in [0.15, 0.2) is 48.5 Å². The van der Waals surface area contributed by atoms with Gasteiger partial charge >= 0.3 is 0 Å². The highest BCUT2D eigenvalue weighted by atomic mass is 35.5. The molecule has 8 nitrogen and oxygen atoms in total. The molecule has 4 heterocycles. The number of nitrogens with zero attached hydrogens (tertiary/aromatic N) is 6. The number of benzene rings is 2. The van der Waals surface area contributed by atoms with Crippen LogP contribution < -0.4 is 9.64 Å². The van der Waals surface area contributed by atoms with E-state index >= 15 is 0 Å². The Labute approximate surface area is 255 Å². The fourth-order valence-corrected chi connectivity index (χ4v) is 6.63. The number of fused-ring (bicyclic) bond motifs is 1. The highest BCUT2D eigenvalue weighted by Crippen LogP contribution is 2.37. The van der Waals surface area contributed by atoms with E-state index in [2.05, 4.69) is 33.2 Å². The number of alkyl halides is 2. The summed E-state index contributed by atoms with van der Waals surface area (Å²) in [6, 6.07) is 14.6. The van der Waals surface area contributed by atoms with Gasteiger partial charge in [0.25, 0.3) is 6.43 Å². The van der Waals surface area contributed by atoms with E-state index in [0.717, 1.165) is 59.1 Å². The zero-order valence-corrected chi connectivity index (χ0v) is 25.6. The average molecular weight is 611 g/mol. The van der Waals surface area contributed by atoms with Crippen LogP contribution in [0.4, 0.5) is 14.6 Å². The van der Waals surface area contributed by atoms with Crippen LogP contribution in [0.5, 0.6) is 5.75 Å². The molecule has 1 unspecified atom stereocenters. The molecule has 2 aromatic heterocycles. The van der Waals surface area contributed by atoms with Crippen LogP contribution in [0.25, 0.3) is 11.2 Å². The number of anilines is 1. The summed E-state index contributed by atoms with van der Waals surface area (Å²) in [5.41, 5.74) is 3.50. The number of piperazine rings is 1. The lowest BCUT2D eigenvalue weighted by Crippen LogP contribution is -2.57. The smallest absolute Gasteiger partial charge is 0.263 e. The molecule has 0 saturated carbocycles. The van der Waals surface area contributed by atoms with Crippen LogP contribution in [0.3, 0.4) is 0 Å². The van der Waals surface area contributed by atoms with E-state index in [1.807, 2.05) is 43.3 Å². The summed E-state index contributed by atoms with van der Waals surface area (Å²) in [6.45, 7) is 9.17. The molecule has 0 bridgehead atoms. The summed E-state index contributed by atoms with van der Waals surface area (Å²) in [5, 5.41) is 0.188. The quantitative estimate of drug-likeness (QED) is 0.208. The van der Waals surface area contributed by atoms with Crippen LogP contribution in [0, 0.1) is 6.92 Å². The minimum atomic E-state index is -2.51. The third kappa shape index (κ3) is 5.92. The molecule has 2 aromatic carbocycles. The molecule has 11 heteroatoms. The predicted molar refractivity (Wildman–Crippen MR) is 163 cm³/mol. The Morgan fingerprint density at radius 1 is 0.953 bits per heavy atom. The lowest BCUT2D eigenvalue weighted by molar-refractivity contribution is 0.0973. The van der Waals surface area contributed by atoms with E-state index in [4.69, 9.17) is 31.0 Å². The van der Waals surface area contributed by atoms with Gasteiger partial charge in [0.2, 0.25) is 5.28 Å². The first-order valence-electron chi connectivity index (χ1n) is 14.8. The number of rotatable bonds is 8. The van der Waals surface area contributed by atoms with Gasteiger partial charge in [0.05, 0.1) is 25.8 Å². The Kier molecular flexibility index (Phi) is 8.53.